The Labute approximate surface area is 160 Å². The number of rotatable bonds is 4. The Kier molecular flexibility index (Phi) is 4.95. The van der Waals surface area contributed by atoms with Gasteiger partial charge in [-0.2, -0.15) is 9.61 Å². The molecule has 27 heavy (non-hydrogen) atoms. The number of hydrogen-bond acceptors (Lipinski definition) is 7. The third kappa shape index (κ3) is 3.35. The number of fused-ring (bicyclic) bond motifs is 1. The van der Waals surface area contributed by atoms with E-state index in [1.807, 2.05) is 25.1 Å². The molecule has 8 nitrogen and oxygen atoms in total. The van der Waals surface area contributed by atoms with Gasteiger partial charge < -0.3 is 14.7 Å². The molecular formula is C18H21N5O3S. The van der Waals surface area contributed by atoms with Crippen molar-refractivity contribution in [3.8, 4) is 5.88 Å². The van der Waals surface area contributed by atoms with Crippen LogP contribution in [0.3, 0.4) is 0 Å². The molecule has 1 saturated heterocycles. The van der Waals surface area contributed by atoms with Gasteiger partial charge in [0, 0.05) is 26.2 Å². The minimum Gasteiger partial charge on any atom is -0.492 e. The molecule has 0 aliphatic carbocycles. The molecular weight excluding hydrogens is 366 g/mol. The van der Waals surface area contributed by atoms with Crippen molar-refractivity contribution >= 4 is 22.4 Å². The van der Waals surface area contributed by atoms with Crippen LogP contribution in [0.1, 0.15) is 23.4 Å². The van der Waals surface area contributed by atoms with E-state index in [9.17, 15) is 9.90 Å². The van der Waals surface area contributed by atoms with Gasteiger partial charge in [0.05, 0.1) is 17.5 Å². The third-order valence-electron chi connectivity index (χ3n) is 4.71. The molecule has 1 aliphatic heterocycles. The molecule has 3 aromatic rings. The number of aromatic nitrogens is 3. The normalized spacial score (nSPS) is 16.6. The molecule has 1 unspecified atom stereocenters. The van der Waals surface area contributed by atoms with Crippen LogP contribution >= 0.6 is 11.3 Å². The Morgan fingerprint density at radius 3 is 2.67 bits per heavy atom. The summed E-state index contributed by atoms with van der Waals surface area (Å²) >= 11 is 1.43. The lowest BCUT2D eigenvalue weighted by Crippen LogP contribution is -2.49. The molecule has 3 heterocycles. The van der Waals surface area contributed by atoms with Crippen molar-refractivity contribution in [2.45, 2.75) is 13.0 Å². The van der Waals surface area contributed by atoms with E-state index < -0.39 is 0 Å². The maximum absolute atomic E-state index is 12.0. The summed E-state index contributed by atoms with van der Waals surface area (Å²) in [7, 11) is 0. The fourth-order valence-corrected chi connectivity index (χ4v) is 4.50. The number of benzene rings is 1. The number of carbonyl (C=O) groups excluding carboxylic acids is 1. The van der Waals surface area contributed by atoms with Crippen molar-refractivity contribution in [3.63, 3.8) is 0 Å². The second-order valence-electron chi connectivity index (χ2n) is 6.28. The molecule has 1 aromatic carbocycles. The fraction of sp³-hybridized carbons (Fsp3) is 0.389. The lowest BCUT2D eigenvalue weighted by atomic mass is 10.0. The summed E-state index contributed by atoms with van der Waals surface area (Å²) in [5.74, 6) is 0.120. The quantitative estimate of drug-likeness (QED) is 0.740. The van der Waals surface area contributed by atoms with E-state index in [4.69, 9.17) is 4.74 Å². The monoisotopic (exact) mass is 387 g/mol. The molecule has 0 radical (unpaired) electrons. The van der Waals surface area contributed by atoms with Crippen LogP contribution in [-0.4, -0.2) is 68.4 Å². The van der Waals surface area contributed by atoms with Crippen LogP contribution in [0.15, 0.2) is 36.7 Å². The van der Waals surface area contributed by atoms with Gasteiger partial charge in [0.25, 0.3) is 0 Å². The number of piperazine rings is 1. The smallest absolute Gasteiger partial charge is 0.409 e. The van der Waals surface area contributed by atoms with Gasteiger partial charge in [0.1, 0.15) is 6.33 Å². The highest BCUT2D eigenvalue weighted by Gasteiger charge is 2.32. The predicted octanol–water partition coefficient (Wildman–Crippen LogP) is 2.36. The maximum Gasteiger partial charge on any atom is 0.409 e. The van der Waals surface area contributed by atoms with E-state index in [1.165, 1.54) is 22.2 Å². The molecule has 0 spiro atoms. The Hall–Kier alpha value is -2.65. The van der Waals surface area contributed by atoms with Gasteiger partial charge in [-0.05, 0) is 12.5 Å². The minimum atomic E-state index is -0.268. The summed E-state index contributed by atoms with van der Waals surface area (Å²) in [5.41, 5.74) is 1.09. The van der Waals surface area contributed by atoms with Crippen LogP contribution in [0, 0.1) is 0 Å². The Balaban J connectivity index is 1.63. The van der Waals surface area contributed by atoms with Crippen LogP contribution in [0.25, 0.3) is 4.96 Å². The Bertz CT molecular complexity index is 918. The number of thiazole rings is 1. The van der Waals surface area contributed by atoms with E-state index in [-0.39, 0.29) is 18.0 Å². The van der Waals surface area contributed by atoms with Gasteiger partial charge >= 0.3 is 6.09 Å². The van der Waals surface area contributed by atoms with Crippen molar-refractivity contribution in [1.29, 1.82) is 0 Å². The van der Waals surface area contributed by atoms with Gasteiger partial charge in [-0.15, -0.1) is 0 Å². The average molecular weight is 387 g/mol. The summed E-state index contributed by atoms with van der Waals surface area (Å²) in [6.45, 7) is 4.73. The summed E-state index contributed by atoms with van der Waals surface area (Å²) < 4.78 is 6.57. The molecule has 2 aromatic heterocycles. The second kappa shape index (κ2) is 7.53. The number of aromatic hydroxyl groups is 1. The average Bonchev–Trinajstić information content (AvgIpc) is 3.27. The zero-order chi connectivity index (χ0) is 18.8. The Morgan fingerprint density at radius 2 is 2.00 bits per heavy atom. The van der Waals surface area contributed by atoms with Crippen molar-refractivity contribution in [2.75, 3.05) is 32.8 Å². The van der Waals surface area contributed by atoms with Crippen molar-refractivity contribution in [2.24, 2.45) is 0 Å². The van der Waals surface area contributed by atoms with E-state index in [0.717, 1.165) is 10.4 Å². The molecule has 9 heteroatoms. The number of ether oxygens (including phenoxy) is 1. The summed E-state index contributed by atoms with van der Waals surface area (Å²) in [6, 6.07) is 9.94. The fourth-order valence-electron chi connectivity index (χ4n) is 3.41. The molecule has 142 valence electrons. The Morgan fingerprint density at radius 1 is 1.26 bits per heavy atom. The lowest BCUT2D eigenvalue weighted by Gasteiger charge is -2.38. The van der Waals surface area contributed by atoms with Crippen molar-refractivity contribution < 1.29 is 14.6 Å². The van der Waals surface area contributed by atoms with E-state index >= 15 is 0 Å². The van der Waals surface area contributed by atoms with Gasteiger partial charge in [0.2, 0.25) is 10.8 Å². The zero-order valence-corrected chi connectivity index (χ0v) is 15.8. The van der Waals surface area contributed by atoms with Crippen LogP contribution < -0.4 is 0 Å². The topological polar surface area (TPSA) is 83.2 Å². The highest BCUT2D eigenvalue weighted by Crippen LogP contribution is 2.39. The second-order valence-corrected chi connectivity index (χ2v) is 7.29. The van der Waals surface area contributed by atoms with Crippen LogP contribution in [-0.2, 0) is 4.74 Å². The number of nitrogens with zero attached hydrogens (tertiary/aromatic N) is 5. The summed E-state index contributed by atoms with van der Waals surface area (Å²) in [4.78, 5) is 21.6. The first-order chi connectivity index (χ1) is 13.2. The highest BCUT2D eigenvalue weighted by molar-refractivity contribution is 7.17. The molecule has 1 amide bonds. The minimum absolute atomic E-state index is 0.120. The zero-order valence-electron chi connectivity index (χ0n) is 15.0. The van der Waals surface area contributed by atoms with Gasteiger partial charge in [-0.1, -0.05) is 41.7 Å². The number of amides is 1. The lowest BCUT2D eigenvalue weighted by molar-refractivity contribution is 0.0715. The van der Waals surface area contributed by atoms with E-state index in [0.29, 0.717) is 37.7 Å². The van der Waals surface area contributed by atoms with Crippen LogP contribution in [0.4, 0.5) is 4.79 Å². The van der Waals surface area contributed by atoms with Gasteiger partial charge in [0.15, 0.2) is 0 Å². The molecule has 4 rings (SSSR count). The molecule has 1 aliphatic rings. The maximum atomic E-state index is 12.0. The largest absolute Gasteiger partial charge is 0.492 e. The predicted molar refractivity (Wildman–Crippen MR) is 101 cm³/mol. The molecule has 0 bridgehead atoms. The molecule has 0 saturated carbocycles. The third-order valence-corrected chi connectivity index (χ3v) is 5.79. The SMILES string of the molecule is CCOC(=O)N1CCN(C(c2ccccc2)c2sc3ncnn3c2O)CC1. The van der Waals surface area contributed by atoms with Gasteiger partial charge in [-0.3, -0.25) is 4.90 Å². The van der Waals surface area contributed by atoms with Crippen molar-refractivity contribution in [3.05, 3.63) is 47.1 Å². The van der Waals surface area contributed by atoms with E-state index in [2.05, 4.69) is 27.1 Å². The molecule has 1 N–H and O–H groups in total. The first kappa shape index (κ1) is 17.7. The summed E-state index contributed by atoms with van der Waals surface area (Å²) in [5, 5.41) is 14.8. The van der Waals surface area contributed by atoms with E-state index in [1.54, 1.807) is 4.90 Å². The summed E-state index contributed by atoms with van der Waals surface area (Å²) in [6.07, 6.45) is 1.17. The first-order valence-corrected chi connectivity index (χ1v) is 9.72. The molecule has 1 atom stereocenters. The van der Waals surface area contributed by atoms with Gasteiger partial charge in [-0.25, -0.2) is 9.78 Å². The number of hydrogen-bond donors (Lipinski definition) is 1. The highest BCUT2D eigenvalue weighted by atomic mass is 32.1. The van der Waals surface area contributed by atoms with Crippen LogP contribution in [0.2, 0.25) is 0 Å². The molecule has 1 fully saturated rings. The van der Waals surface area contributed by atoms with Crippen LogP contribution in [0.5, 0.6) is 5.88 Å². The number of carbonyl (C=O) groups is 1. The van der Waals surface area contributed by atoms with Crippen molar-refractivity contribution in [1.82, 2.24) is 24.4 Å². The first-order valence-electron chi connectivity index (χ1n) is 8.91. The standard InChI is InChI=1S/C18H21N5O3S/c1-2-26-18(25)22-10-8-21(9-11-22)14(13-6-4-3-5-7-13)15-16(24)23-17(27-15)19-12-20-23/h3-7,12,14,24H,2,8-11H2,1H3.